The Morgan fingerprint density at radius 2 is 2.20 bits per heavy atom. The minimum atomic E-state index is 0.588. The molecule has 1 atom stereocenters. The van der Waals surface area contributed by atoms with Crippen LogP contribution in [0.2, 0.25) is 0 Å². The van der Waals surface area contributed by atoms with Crippen molar-refractivity contribution in [3.63, 3.8) is 0 Å². The largest absolute Gasteiger partial charge is 0.378 e. The number of aryl methyl sites for hydroxylation is 1. The summed E-state index contributed by atoms with van der Waals surface area (Å²) in [5.74, 6) is 0.588. The highest BCUT2D eigenvalue weighted by atomic mass is 15.1. The fourth-order valence-electron chi connectivity index (χ4n) is 2.42. The minimum absolute atomic E-state index is 0.588. The smallest absolute Gasteiger partial charge is 0.0363 e. The predicted octanol–water partition coefficient (Wildman–Crippen LogP) is 2.13. The van der Waals surface area contributed by atoms with Crippen molar-refractivity contribution in [3.05, 3.63) is 29.3 Å². The minimum Gasteiger partial charge on any atom is -0.378 e. The molecule has 15 heavy (non-hydrogen) atoms. The molecule has 82 valence electrons. The molecule has 0 fully saturated rings. The molecule has 0 saturated carbocycles. The summed E-state index contributed by atoms with van der Waals surface area (Å²) in [5, 5.41) is 0. The van der Waals surface area contributed by atoms with E-state index in [1.54, 1.807) is 0 Å². The lowest BCUT2D eigenvalue weighted by Crippen LogP contribution is -2.19. The molecule has 2 rings (SSSR count). The van der Waals surface area contributed by atoms with Gasteiger partial charge in [-0.15, -0.1) is 0 Å². The number of nitrogens with zero attached hydrogens (tertiary/aromatic N) is 1. The summed E-state index contributed by atoms with van der Waals surface area (Å²) in [4.78, 5) is 2.16. The van der Waals surface area contributed by atoms with Crippen molar-refractivity contribution in [3.8, 4) is 0 Å². The second kappa shape index (κ2) is 4.23. The molecule has 1 aliphatic carbocycles. The Bertz CT molecular complexity index is 344. The van der Waals surface area contributed by atoms with Crippen molar-refractivity contribution in [2.24, 2.45) is 5.73 Å². The number of hydrogen-bond donors (Lipinski definition) is 1. The molecular weight excluding hydrogens is 184 g/mol. The summed E-state index contributed by atoms with van der Waals surface area (Å²) >= 11 is 0. The van der Waals surface area contributed by atoms with Crippen molar-refractivity contribution in [1.82, 2.24) is 0 Å². The lowest BCUT2D eigenvalue weighted by Gasteiger charge is -2.26. The van der Waals surface area contributed by atoms with E-state index in [1.807, 2.05) is 0 Å². The first-order chi connectivity index (χ1) is 7.22. The van der Waals surface area contributed by atoms with Crippen LogP contribution in [-0.2, 0) is 6.42 Å². The molecule has 1 unspecified atom stereocenters. The zero-order valence-corrected chi connectivity index (χ0v) is 9.66. The summed E-state index contributed by atoms with van der Waals surface area (Å²) in [6, 6.07) is 6.78. The summed E-state index contributed by atoms with van der Waals surface area (Å²) < 4.78 is 0. The first-order valence-electron chi connectivity index (χ1n) is 5.72. The van der Waals surface area contributed by atoms with Gasteiger partial charge in [-0.25, -0.2) is 0 Å². The van der Waals surface area contributed by atoms with Crippen LogP contribution < -0.4 is 10.6 Å². The molecule has 2 nitrogen and oxygen atoms in total. The van der Waals surface area contributed by atoms with E-state index in [0.717, 1.165) is 6.54 Å². The topological polar surface area (TPSA) is 29.3 Å². The third kappa shape index (κ3) is 2.00. The highest BCUT2D eigenvalue weighted by Gasteiger charge is 2.19. The molecule has 0 saturated heterocycles. The fourth-order valence-corrected chi connectivity index (χ4v) is 2.42. The van der Waals surface area contributed by atoms with Crippen LogP contribution in [0.4, 0.5) is 5.69 Å². The Morgan fingerprint density at radius 3 is 2.87 bits per heavy atom. The van der Waals surface area contributed by atoms with E-state index < -0.39 is 0 Å². The zero-order valence-electron chi connectivity index (χ0n) is 9.66. The Balaban J connectivity index is 2.36. The number of benzene rings is 1. The predicted molar refractivity (Wildman–Crippen MR) is 65.5 cm³/mol. The van der Waals surface area contributed by atoms with Gasteiger partial charge in [0.05, 0.1) is 0 Å². The van der Waals surface area contributed by atoms with Gasteiger partial charge in [-0.2, -0.15) is 0 Å². The summed E-state index contributed by atoms with van der Waals surface area (Å²) in [6.07, 6.45) is 3.75. The number of anilines is 1. The number of nitrogens with two attached hydrogens (primary N) is 1. The van der Waals surface area contributed by atoms with E-state index in [-0.39, 0.29) is 0 Å². The van der Waals surface area contributed by atoms with Gasteiger partial charge < -0.3 is 10.6 Å². The van der Waals surface area contributed by atoms with Crippen molar-refractivity contribution < 1.29 is 0 Å². The molecule has 0 bridgehead atoms. The van der Waals surface area contributed by atoms with E-state index >= 15 is 0 Å². The Labute approximate surface area is 92.1 Å². The fraction of sp³-hybridized carbons (Fsp3) is 0.538. The molecule has 2 N–H and O–H groups in total. The van der Waals surface area contributed by atoms with E-state index in [9.17, 15) is 0 Å². The van der Waals surface area contributed by atoms with Crippen LogP contribution in [-0.4, -0.2) is 20.6 Å². The van der Waals surface area contributed by atoms with Crippen LogP contribution in [0.15, 0.2) is 18.2 Å². The molecule has 1 aromatic carbocycles. The van der Waals surface area contributed by atoms with Crippen LogP contribution in [0.1, 0.15) is 29.9 Å². The SMILES string of the molecule is CN(C)c1ccc2c(c1)CCCC2CN. The van der Waals surface area contributed by atoms with Gasteiger partial charge in [0.25, 0.3) is 0 Å². The first-order valence-corrected chi connectivity index (χ1v) is 5.72. The van der Waals surface area contributed by atoms with E-state index in [4.69, 9.17) is 5.73 Å². The van der Waals surface area contributed by atoms with E-state index in [2.05, 4.69) is 37.2 Å². The molecule has 0 radical (unpaired) electrons. The van der Waals surface area contributed by atoms with Gasteiger partial charge in [0.2, 0.25) is 0 Å². The first kappa shape index (κ1) is 10.5. The molecule has 0 aliphatic heterocycles. The Kier molecular flexibility index (Phi) is 2.96. The highest BCUT2D eigenvalue weighted by Crippen LogP contribution is 2.32. The quantitative estimate of drug-likeness (QED) is 0.799. The maximum absolute atomic E-state index is 5.81. The van der Waals surface area contributed by atoms with Crippen LogP contribution in [0.3, 0.4) is 0 Å². The normalized spacial score (nSPS) is 19.8. The molecule has 0 amide bonds. The van der Waals surface area contributed by atoms with Crippen molar-refractivity contribution >= 4 is 5.69 Å². The van der Waals surface area contributed by atoms with Crippen LogP contribution in [0.5, 0.6) is 0 Å². The van der Waals surface area contributed by atoms with Gasteiger partial charge >= 0.3 is 0 Å². The molecular formula is C13H20N2. The lowest BCUT2D eigenvalue weighted by atomic mass is 9.82. The Morgan fingerprint density at radius 1 is 1.40 bits per heavy atom. The molecule has 0 aromatic heterocycles. The van der Waals surface area contributed by atoms with Crippen molar-refractivity contribution in [2.75, 3.05) is 25.5 Å². The van der Waals surface area contributed by atoms with Gasteiger partial charge in [-0.3, -0.25) is 0 Å². The van der Waals surface area contributed by atoms with Gasteiger partial charge in [-0.05, 0) is 55.0 Å². The van der Waals surface area contributed by atoms with Gasteiger partial charge in [0, 0.05) is 19.8 Å². The van der Waals surface area contributed by atoms with Crippen LogP contribution >= 0.6 is 0 Å². The molecule has 0 spiro atoms. The van der Waals surface area contributed by atoms with Crippen molar-refractivity contribution in [1.29, 1.82) is 0 Å². The molecule has 2 heteroatoms. The third-order valence-corrected chi connectivity index (χ3v) is 3.37. The van der Waals surface area contributed by atoms with E-state index in [0.29, 0.717) is 5.92 Å². The molecule has 0 heterocycles. The maximum Gasteiger partial charge on any atom is 0.0363 e. The molecule has 1 aliphatic rings. The highest BCUT2D eigenvalue weighted by molar-refractivity contribution is 5.51. The monoisotopic (exact) mass is 204 g/mol. The van der Waals surface area contributed by atoms with Gasteiger partial charge in [-0.1, -0.05) is 6.07 Å². The second-order valence-corrected chi connectivity index (χ2v) is 4.60. The van der Waals surface area contributed by atoms with Gasteiger partial charge in [0.1, 0.15) is 0 Å². The van der Waals surface area contributed by atoms with Crippen molar-refractivity contribution in [2.45, 2.75) is 25.2 Å². The maximum atomic E-state index is 5.81. The average Bonchev–Trinajstić information content (AvgIpc) is 2.27. The zero-order chi connectivity index (χ0) is 10.8. The molecule has 1 aromatic rings. The Hall–Kier alpha value is -1.02. The van der Waals surface area contributed by atoms with Crippen LogP contribution in [0.25, 0.3) is 0 Å². The average molecular weight is 204 g/mol. The third-order valence-electron chi connectivity index (χ3n) is 3.37. The second-order valence-electron chi connectivity index (χ2n) is 4.60. The summed E-state index contributed by atoms with van der Waals surface area (Å²) in [5.41, 5.74) is 10.1. The van der Waals surface area contributed by atoms with Gasteiger partial charge in [0.15, 0.2) is 0 Å². The summed E-state index contributed by atoms with van der Waals surface area (Å²) in [6.45, 7) is 0.786. The lowest BCUT2D eigenvalue weighted by molar-refractivity contribution is 0.561. The number of hydrogen-bond acceptors (Lipinski definition) is 2. The summed E-state index contributed by atoms with van der Waals surface area (Å²) in [7, 11) is 4.18. The number of rotatable bonds is 2. The number of fused-ring (bicyclic) bond motifs is 1. The van der Waals surface area contributed by atoms with Crippen LogP contribution in [0, 0.1) is 0 Å². The standard InChI is InChI=1S/C13H20N2/c1-15(2)12-6-7-13-10(8-12)4-3-5-11(13)9-14/h6-8,11H,3-5,9,14H2,1-2H3. The van der Waals surface area contributed by atoms with E-state index in [1.165, 1.54) is 36.1 Å².